The summed E-state index contributed by atoms with van der Waals surface area (Å²) < 4.78 is 7.32. The van der Waals surface area contributed by atoms with E-state index in [4.69, 9.17) is 14.8 Å². The van der Waals surface area contributed by atoms with Gasteiger partial charge in [0.2, 0.25) is 5.91 Å². The van der Waals surface area contributed by atoms with Crippen LogP contribution in [0.25, 0.3) is 5.65 Å². The Labute approximate surface area is 165 Å². The van der Waals surface area contributed by atoms with Gasteiger partial charge in [0.15, 0.2) is 11.5 Å². The summed E-state index contributed by atoms with van der Waals surface area (Å²) in [5.41, 5.74) is 2.15. The van der Waals surface area contributed by atoms with E-state index in [-0.39, 0.29) is 5.92 Å². The molecule has 0 N–H and O–H groups in total. The second-order valence-corrected chi connectivity index (χ2v) is 8.34. The average molecular weight is 383 g/mol. The standard InChI is InChI=1S/C21H29N5O2/c27-21(17-7-13-28-14-8-17)25-11-5-16(6-12-25)20-22-19-4-3-18(15-26(19)23-20)24-9-1-2-10-24/h3-4,15-17H,1-2,5-14H2. The maximum Gasteiger partial charge on any atom is 0.225 e. The summed E-state index contributed by atoms with van der Waals surface area (Å²) in [4.78, 5) is 22.0. The second kappa shape index (κ2) is 7.70. The zero-order valence-electron chi connectivity index (χ0n) is 16.4. The van der Waals surface area contributed by atoms with E-state index in [1.807, 2.05) is 9.42 Å². The van der Waals surface area contributed by atoms with Gasteiger partial charge in [0.25, 0.3) is 0 Å². The highest BCUT2D eigenvalue weighted by Crippen LogP contribution is 2.29. The van der Waals surface area contributed by atoms with Crippen LogP contribution in [0.1, 0.15) is 50.3 Å². The lowest BCUT2D eigenvalue weighted by Crippen LogP contribution is -2.42. The lowest BCUT2D eigenvalue weighted by atomic mass is 9.93. The third kappa shape index (κ3) is 3.48. The van der Waals surface area contributed by atoms with E-state index in [1.165, 1.54) is 18.5 Å². The van der Waals surface area contributed by atoms with Gasteiger partial charge in [-0.3, -0.25) is 4.79 Å². The molecule has 0 spiro atoms. The molecule has 3 aliphatic heterocycles. The van der Waals surface area contributed by atoms with Gasteiger partial charge in [-0.15, -0.1) is 0 Å². The number of ether oxygens (including phenoxy) is 1. The van der Waals surface area contributed by atoms with E-state index in [9.17, 15) is 4.79 Å². The summed E-state index contributed by atoms with van der Waals surface area (Å²) in [6.45, 7) is 5.33. The third-order valence-electron chi connectivity index (χ3n) is 6.55. The molecule has 3 saturated heterocycles. The fourth-order valence-corrected chi connectivity index (χ4v) is 4.79. The van der Waals surface area contributed by atoms with Crippen LogP contribution in [-0.4, -0.2) is 64.8 Å². The SMILES string of the molecule is O=C(C1CCOCC1)N1CCC(c2nc3ccc(N4CCCC4)cn3n2)CC1. The quantitative estimate of drug-likeness (QED) is 0.815. The van der Waals surface area contributed by atoms with Gasteiger partial charge in [0, 0.05) is 51.2 Å². The molecule has 3 aliphatic rings. The molecule has 0 saturated carbocycles. The Bertz CT molecular complexity index is 830. The fraction of sp³-hybridized carbons (Fsp3) is 0.667. The molecule has 0 bridgehead atoms. The van der Waals surface area contributed by atoms with Crippen LogP contribution < -0.4 is 4.90 Å². The summed E-state index contributed by atoms with van der Waals surface area (Å²) in [5.74, 6) is 1.74. The van der Waals surface area contributed by atoms with Crippen LogP contribution in [0.15, 0.2) is 18.3 Å². The lowest BCUT2D eigenvalue weighted by molar-refractivity contribution is -0.139. The number of nitrogens with zero attached hydrogens (tertiary/aromatic N) is 5. The molecule has 5 rings (SSSR count). The topological polar surface area (TPSA) is 63.0 Å². The maximum atomic E-state index is 12.7. The van der Waals surface area contributed by atoms with Crippen molar-refractivity contribution in [1.29, 1.82) is 0 Å². The number of hydrogen-bond acceptors (Lipinski definition) is 5. The highest BCUT2D eigenvalue weighted by atomic mass is 16.5. The Kier molecular flexibility index (Phi) is 4.93. The van der Waals surface area contributed by atoms with E-state index in [0.29, 0.717) is 11.8 Å². The molecular weight excluding hydrogens is 354 g/mol. The Morgan fingerprint density at radius 1 is 1.00 bits per heavy atom. The summed E-state index contributed by atoms with van der Waals surface area (Å²) >= 11 is 0. The third-order valence-corrected chi connectivity index (χ3v) is 6.55. The highest BCUT2D eigenvalue weighted by molar-refractivity contribution is 5.79. The molecule has 28 heavy (non-hydrogen) atoms. The van der Waals surface area contributed by atoms with Crippen molar-refractivity contribution in [3.05, 3.63) is 24.2 Å². The first kappa shape index (κ1) is 17.9. The number of carbonyl (C=O) groups excluding carboxylic acids is 1. The van der Waals surface area contributed by atoms with Gasteiger partial charge in [0.05, 0.1) is 11.9 Å². The monoisotopic (exact) mass is 383 g/mol. The molecule has 150 valence electrons. The summed E-state index contributed by atoms with van der Waals surface area (Å²) in [6, 6.07) is 4.24. The lowest BCUT2D eigenvalue weighted by Gasteiger charge is -2.34. The molecular formula is C21H29N5O2. The molecule has 7 nitrogen and oxygen atoms in total. The van der Waals surface area contributed by atoms with Gasteiger partial charge in [-0.05, 0) is 50.7 Å². The number of anilines is 1. The first-order valence-corrected chi connectivity index (χ1v) is 10.8. The van der Waals surface area contributed by atoms with E-state index in [1.54, 1.807) is 0 Å². The molecule has 7 heteroatoms. The molecule has 5 heterocycles. The van der Waals surface area contributed by atoms with Crippen molar-refractivity contribution in [3.63, 3.8) is 0 Å². The predicted octanol–water partition coefficient (Wildman–Crippen LogP) is 2.46. The number of pyridine rings is 1. The molecule has 3 fully saturated rings. The maximum absolute atomic E-state index is 12.7. The van der Waals surface area contributed by atoms with E-state index in [2.05, 4.69) is 23.2 Å². The molecule has 2 aromatic rings. The molecule has 1 amide bonds. The van der Waals surface area contributed by atoms with Gasteiger partial charge in [-0.1, -0.05) is 0 Å². The number of amides is 1. The normalized spacial score (nSPS) is 22.3. The Morgan fingerprint density at radius 2 is 1.75 bits per heavy atom. The summed E-state index contributed by atoms with van der Waals surface area (Å²) in [6.07, 6.45) is 8.28. The fourth-order valence-electron chi connectivity index (χ4n) is 4.79. The highest BCUT2D eigenvalue weighted by Gasteiger charge is 2.31. The van der Waals surface area contributed by atoms with Crippen LogP contribution in [0.2, 0.25) is 0 Å². The van der Waals surface area contributed by atoms with Gasteiger partial charge in [-0.2, -0.15) is 5.10 Å². The molecule has 2 aromatic heterocycles. The van der Waals surface area contributed by atoms with E-state index >= 15 is 0 Å². The van der Waals surface area contributed by atoms with E-state index in [0.717, 1.165) is 76.5 Å². The number of likely N-dealkylation sites (tertiary alicyclic amines) is 1. The van der Waals surface area contributed by atoms with Crippen molar-refractivity contribution in [1.82, 2.24) is 19.5 Å². The smallest absolute Gasteiger partial charge is 0.225 e. The van der Waals surface area contributed by atoms with Crippen molar-refractivity contribution >= 4 is 17.2 Å². The van der Waals surface area contributed by atoms with Crippen molar-refractivity contribution in [3.8, 4) is 0 Å². The number of hydrogen-bond donors (Lipinski definition) is 0. The number of carbonyl (C=O) groups is 1. The molecule has 0 aromatic carbocycles. The van der Waals surface area contributed by atoms with Crippen LogP contribution >= 0.6 is 0 Å². The van der Waals surface area contributed by atoms with Gasteiger partial charge < -0.3 is 14.5 Å². The van der Waals surface area contributed by atoms with Crippen LogP contribution in [0.3, 0.4) is 0 Å². The minimum atomic E-state index is 0.155. The van der Waals surface area contributed by atoms with Crippen molar-refractivity contribution in [2.24, 2.45) is 5.92 Å². The Hall–Kier alpha value is -2.15. The first-order chi connectivity index (χ1) is 13.8. The van der Waals surface area contributed by atoms with Crippen LogP contribution in [0.5, 0.6) is 0 Å². The van der Waals surface area contributed by atoms with Crippen molar-refractivity contribution in [2.45, 2.75) is 44.4 Å². The summed E-state index contributed by atoms with van der Waals surface area (Å²) in [7, 11) is 0. The Balaban J connectivity index is 1.24. The van der Waals surface area contributed by atoms with Gasteiger partial charge in [-0.25, -0.2) is 9.50 Å². The van der Waals surface area contributed by atoms with Crippen LogP contribution in [-0.2, 0) is 9.53 Å². The number of fused-ring (bicyclic) bond motifs is 1. The molecule has 0 atom stereocenters. The van der Waals surface area contributed by atoms with Gasteiger partial charge in [0.1, 0.15) is 0 Å². The van der Waals surface area contributed by atoms with E-state index < -0.39 is 0 Å². The van der Waals surface area contributed by atoms with Crippen molar-refractivity contribution < 1.29 is 9.53 Å². The van der Waals surface area contributed by atoms with Crippen LogP contribution in [0.4, 0.5) is 5.69 Å². The zero-order valence-corrected chi connectivity index (χ0v) is 16.4. The zero-order chi connectivity index (χ0) is 18.9. The average Bonchev–Trinajstić information content (AvgIpc) is 3.43. The molecule has 0 unspecified atom stereocenters. The number of rotatable bonds is 3. The number of piperidine rings is 1. The minimum Gasteiger partial charge on any atom is -0.381 e. The molecule has 0 radical (unpaired) electrons. The first-order valence-electron chi connectivity index (χ1n) is 10.8. The van der Waals surface area contributed by atoms with Gasteiger partial charge >= 0.3 is 0 Å². The summed E-state index contributed by atoms with van der Waals surface area (Å²) in [5, 5.41) is 4.79. The second-order valence-electron chi connectivity index (χ2n) is 8.34. The van der Waals surface area contributed by atoms with Crippen molar-refractivity contribution in [2.75, 3.05) is 44.3 Å². The number of aromatic nitrogens is 3. The minimum absolute atomic E-state index is 0.155. The Morgan fingerprint density at radius 3 is 2.50 bits per heavy atom. The predicted molar refractivity (Wildman–Crippen MR) is 107 cm³/mol. The van der Waals surface area contributed by atoms with Crippen LogP contribution in [0, 0.1) is 5.92 Å². The molecule has 0 aliphatic carbocycles. The largest absolute Gasteiger partial charge is 0.381 e.